The monoisotopic (exact) mass is 579 g/mol. The maximum absolute atomic E-state index is 15.0. The Hall–Kier alpha value is -4.46. The van der Waals surface area contributed by atoms with Crippen molar-refractivity contribution in [1.82, 2.24) is 35.2 Å². The molecule has 4 heterocycles. The smallest absolute Gasteiger partial charge is 0.222 e. The van der Waals surface area contributed by atoms with Gasteiger partial charge in [-0.2, -0.15) is 9.97 Å². The van der Waals surface area contributed by atoms with Gasteiger partial charge in [-0.3, -0.25) is 9.78 Å². The number of halogens is 1. The first-order chi connectivity index (χ1) is 20.3. The second-order valence-corrected chi connectivity index (χ2v) is 10.2. The zero-order valence-corrected chi connectivity index (χ0v) is 23.9. The number of nitrogen functional groups attached to an aromatic ring is 2. The third-order valence-corrected chi connectivity index (χ3v) is 6.89. The van der Waals surface area contributed by atoms with E-state index in [0.29, 0.717) is 71.5 Å². The third kappa shape index (κ3) is 7.84. The lowest BCUT2D eigenvalue weighted by atomic mass is 10.0. The highest BCUT2D eigenvalue weighted by atomic mass is 19.1. The number of pyridine rings is 2. The number of aliphatic hydroxyl groups excluding tert-OH is 1. The Bertz CT molecular complexity index is 1520. The number of aliphatic hydroxyl groups is 1. The van der Waals surface area contributed by atoms with Gasteiger partial charge in [0.25, 0.3) is 0 Å². The zero-order valence-electron chi connectivity index (χ0n) is 23.9. The molecule has 13 nitrogen and oxygen atoms in total. The number of nitrogens with one attached hydrogen (secondary N) is 3. The first-order valence-electron chi connectivity index (χ1n) is 14.2. The zero-order chi connectivity index (χ0) is 30.1. The van der Waals surface area contributed by atoms with Gasteiger partial charge < -0.3 is 32.5 Å². The summed E-state index contributed by atoms with van der Waals surface area (Å²) >= 11 is 0. The molecule has 2 atom stereocenters. The summed E-state index contributed by atoms with van der Waals surface area (Å²) in [6.45, 7) is 3.80. The molecule has 0 saturated heterocycles. The van der Waals surface area contributed by atoms with Gasteiger partial charge in [0.2, 0.25) is 17.8 Å². The van der Waals surface area contributed by atoms with Crippen molar-refractivity contribution in [2.75, 3.05) is 35.3 Å². The van der Waals surface area contributed by atoms with E-state index in [1.807, 2.05) is 0 Å². The molecule has 14 heteroatoms. The quantitative estimate of drug-likeness (QED) is 0.113. The molecule has 4 aromatic rings. The second-order valence-electron chi connectivity index (χ2n) is 10.2. The number of aryl methyl sites for hydroxylation is 1. The fraction of sp³-hybridized carbons (Fsp3) is 0.464. The van der Waals surface area contributed by atoms with Gasteiger partial charge in [0.05, 0.1) is 24.4 Å². The largest absolute Gasteiger partial charge is 0.394 e. The molecular formula is C28H38FN11O2. The number of fused-ring (bicyclic) bond motifs is 2. The van der Waals surface area contributed by atoms with Crippen molar-refractivity contribution in [3.05, 3.63) is 35.9 Å². The number of nitrogens with zero attached hydrogens (tertiary/aromatic N) is 6. The first kappa shape index (κ1) is 30.5. The summed E-state index contributed by atoms with van der Waals surface area (Å²) in [6.07, 6.45) is 7.83. The van der Waals surface area contributed by atoms with Crippen molar-refractivity contribution in [2.24, 2.45) is 0 Å². The van der Waals surface area contributed by atoms with Crippen LogP contribution in [0, 0.1) is 5.82 Å². The van der Waals surface area contributed by atoms with Gasteiger partial charge in [-0.1, -0.05) is 26.2 Å². The molecule has 0 bridgehead atoms. The molecule has 0 spiro atoms. The molecule has 4 aromatic heterocycles. The van der Waals surface area contributed by atoms with Gasteiger partial charge in [0, 0.05) is 31.3 Å². The number of nitrogens with two attached hydrogens (primary N) is 2. The van der Waals surface area contributed by atoms with Crippen molar-refractivity contribution >= 4 is 51.5 Å². The van der Waals surface area contributed by atoms with E-state index in [4.69, 9.17) is 11.5 Å². The SMILES string of the molecule is CCCC[C@H](CO)Nc1nc(N)nc2c(CCCC[C@H](CNC(C)=O)Nc3nc(N)nc4cccnc34)c(F)cnc12. The Morgan fingerprint density at radius 1 is 0.952 bits per heavy atom. The fourth-order valence-electron chi connectivity index (χ4n) is 4.77. The van der Waals surface area contributed by atoms with Crippen LogP contribution in [0.15, 0.2) is 24.5 Å². The molecule has 0 saturated carbocycles. The van der Waals surface area contributed by atoms with Crippen LogP contribution in [0.5, 0.6) is 0 Å². The van der Waals surface area contributed by atoms with Crippen LogP contribution in [0.3, 0.4) is 0 Å². The predicted octanol–water partition coefficient (Wildman–Crippen LogP) is 2.96. The topological polar surface area (TPSA) is 203 Å². The van der Waals surface area contributed by atoms with Crippen LogP contribution in [-0.2, 0) is 11.2 Å². The van der Waals surface area contributed by atoms with Crippen LogP contribution >= 0.6 is 0 Å². The number of carbonyl (C=O) groups is 1. The normalized spacial score (nSPS) is 12.8. The minimum atomic E-state index is -0.474. The summed E-state index contributed by atoms with van der Waals surface area (Å²) in [7, 11) is 0. The highest BCUT2D eigenvalue weighted by molar-refractivity contribution is 5.88. The molecule has 0 aliphatic rings. The van der Waals surface area contributed by atoms with Gasteiger partial charge in [-0.15, -0.1) is 0 Å². The maximum Gasteiger partial charge on any atom is 0.222 e. The summed E-state index contributed by atoms with van der Waals surface area (Å²) in [5.74, 6) is 0.332. The molecule has 224 valence electrons. The molecule has 42 heavy (non-hydrogen) atoms. The van der Waals surface area contributed by atoms with Gasteiger partial charge in [0.15, 0.2) is 11.6 Å². The molecule has 0 aromatic carbocycles. The second kappa shape index (κ2) is 14.4. The third-order valence-electron chi connectivity index (χ3n) is 6.89. The molecule has 0 aliphatic carbocycles. The average molecular weight is 580 g/mol. The Morgan fingerprint density at radius 2 is 1.67 bits per heavy atom. The highest BCUT2D eigenvalue weighted by Gasteiger charge is 2.19. The van der Waals surface area contributed by atoms with E-state index >= 15 is 4.39 Å². The summed E-state index contributed by atoms with van der Waals surface area (Å²) in [6, 6.07) is 3.14. The lowest BCUT2D eigenvalue weighted by molar-refractivity contribution is -0.119. The Morgan fingerprint density at radius 3 is 2.40 bits per heavy atom. The average Bonchev–Trinajstić information content (AvgIpc) is 2.96. The van der Waals surface area contributed by atoms with Gasteiger partial charge >= 0.3 is 0 Å². The number of hydrogen-bond acceptors (Lipinski definition) is 12. The molecular weight excluding hydrogens is 541 g/mol. The van der Waals surface area contributed by atoms with Crippen molar-refractivity contribution in [3.63, 3.8) is 0 Å². The number of hydrogen-bond donors (Lipinski definition) is 6. The van der Waals surface area contributed by atoms with Crippen LogP contribution < -0.4 is 27.4 Å². The number of aromatic nitrogens is 6. The lowest BCUT2D eigenvalue weighted by Crippen LogP contribution is -2.35. The lowest BCUT2D eigenvalue weighted by Gasteiger charge is -2.20. The number of unbranched alkanes of at least 4 members (excludes halogenated alkanes) is 2. The van der Waals surface area contributed by atoms with Crippen molar-refractivity contribution in [2.45, 2.75) is 70.9 Å². The van der Waals surface area contributed by atoms with Crippen LogP contribution in [0.25, 0.3) is 22.1 Å². The van der Waals surface area contributed by atoms with Crippen molar-refractivity contribution in [1.29, 1.82) is 0 Å². The van der Waals surface area contributed by atoms with Crippen LogP contribution in [0.2, 0.25) is 0 Å². The summed E-state index contributed by atoms with van der Waals surface area (Å²) in [5, 5.41) is 19.2. The predicted molar refractivity (Wildman–Crippen MR) is 161 cm³/mol. The van der Waals surface area contributed by atoms with Crippen molar-refractivity contribution < 1.29 is 14.3 Å². The maximum atomic E-state index is 15.0. The number of rotatable bonds is 15. The van der Waals surface area contributed by atoms with Gasteiger partial charge in [0.1, 0.15) is 22.4 Å². The molecule has 0 fully saturated rings. The highest BCUT2D eigenvalue weighted by Crippen LogP contribution is 2.27. The van der Waals surface area contributed by atoms with Gasteiger partial charge in [-0.05, 0) is 37.8 Å². The Balaban J connectivity index is 1.48. The molecule has 8 N–H and O–H groups in total. The standard InChI is InChI=1S/C28H38FN11O2/c1-3-4-8-18(15-41)36-26-24-22(38-28(31)40-26)19(20(29)14-34-24)10-6-5-9-17(13-33-16(2)42)35-25-23-21(11-7-12-32-23)37-27(30)39-25/h7,11-12,14,17-18,41H,3-6,8-10,13,15H2,1-2H3,(H,33,42)(H3,30,35,37,39)(H3,31,36,38,40)/t17-,18-/m1/s1. The summed E-state index contributed by atoms with van der Waals surface area (Å²) in [4.78, 5) is 37.4. The molecule has 0 aliphatic heterocycles. The van der Waals surface area contributed by atoms with E-state index in [1.165, 1.54) is 13.1 Å². The fourth-order valence-corrected chi connectivity index (χ4v) is 4.77. The van der Waals surface area contributed by atoms with E-state index < -0.39 is 5.82 Å². The van der Waals surface area contributed by atoms with E-state index in [-0.39, 0.29) is 36.5 Å². The number of amides is 1. The minimum absolute atomic E-state index is 0.00429. The number of anilines is 4. The van der Waals surface area contributed by atoms with Crippen molar-refractivity contribution in [3.8, 4) is 0 Å². The Labute approximate surface area is 243 Å². The summed E-state index contributed by atoms with van der Waals surface area (Å²) < 4.78 is 15.0. The van der Waals surface area contributed by atoms with E-state index in [9.17, 15) is 9.90 Å². The molecule has 0 radical (unpaired) electrons. The summed E-state index contributed by atoms with van der Waals surface area (Å²) in [5.41, 5.74) is 14.2. The van der Waals surface area contributed by atoms with E-state index in [0.717, 1.165) is 19.3 Å². The molecule has 4 rings (SSSR count). The molecule has 1 amide bonds. The number of carbonyl (C=O) groups excluding carboxylic acids is 1. The van der Waals surface area contributed by atoms with Crippen LogP contribution in [0.1, 0.15) is 57.9 Å². The van der Waals surface area contributed by atoms with E-state index in [2.05, 4.69) is 52.8 Å². The molecule has 0 unspecified atom stereocenters. The minimum Gasteiger partial charge on any atom is -0.394 e. The Kier molecular flexibility index (Phi) is 10.5. The van der Waals surface area contributed by atoms with Crippen LogP contribution in [0.4, 0.5) is 27.9 Å². The van der Waals surface area contributed by atoms with Crippen LogP contribution in [-0.4, -0.2) is 66.2 Å². The first-order valence-corrected chi connectivity index (χ1v) is 14.2. The van der Waals surface area contributed by atoms with Gasteiger partial charge in [-0.25, -0.2) is 19.3 Å². The van der Waals surface area contributed by atoms with E-state index in [1.54, 1.807) is 18.3 Å².